The summed E-state index contributed by atoms with van der Waals surface area (Å²) in [5.74, 6) is 0. The molecule has 2 aliphatic carbocycles. The Hall–Kier alpha value is -0.0800. The summed E-state index contributed by atoms with van der Waals surface area (Å²) in [6.07, 6.45) is 15.4. The van der Waals surface area contributed by atoms with Crippen molar-refractivity contribution in [2.45, 2.75) is 89.8 Å². The summed E-state index contributed by atoms with van der Waals surface area (Å²) in [6.45, 7) is 2.27. The van der Waals surface area contributed by atoms with E-state index in [1.807, 2.05) is 0 Å². The number of hydrogen-bond donors (Lipinski definition) is 1. The second-order valence-corrected chi connectivity index (χ2v) is 5.56. The first-order chi connectivity index (χ1) is 8.29. The molecule has 1 N–H and O–H groups in total. The Balaban J connectivity index is 0.000000202. The second-order valence-electron chi connectivity index (χ2n) is 5.56. The third-order valence-corrected chi connectivity index (χ3v) is 3.63. The smallest absolute Gasteiger partial charge is 0.0745 e. The molecule has 1 unspecified atom stereocenters. The van der Waals surface area contributed by atoms with E-state index in [2.05, 4.69) is 0 Å². The molecule has 0 amide bonds. The van der Waals surface area contributed by atoms with E-state index in [0.29, 0.717) is 12.7 Å². The maximum Gasteiger partial charge on any atom is 0.0745 e. The molecule has 0 aromatic rings. The van der Waals surface area contributed by atoms with Crippen LogP contribution < -0.4 is 0 Å². The number of ether oxygens (including phenoxy) is 1. The van der Waals surface area contributed by atoms with Gasteiger partial charge in [-0.25, -0.2) is 0 Å². The lowest BCUT2D eigenvalue weighted by Gasteiger charge is -2.22. The summed E-state index contributed by atoms with van der Waals surface area (Å²) in [7, 11) is 0. The molecule has 102 valence electrons. The molecule has 2 nitrogen and oxygen atoms in total. The molecule has 0 aromatic carbocycles. The molecular formula is C15H30O2. The molecule has 0 saturated heterocycles. The summed E-state index contributed by atoms with van der Waals surface area (Å²) < 4.78 is 5.49. The van der Waals surface area contributed by atoms with Gasteiger partial charge in [0.1, 0.15) is 0 Å². The van der Waals surface area contributed by atoms with Gasteiger partial charge in [0.25, 0.3) is 0 Å². The van der Waals surface area contributed by atoms with Crippen molar-refractivity contribution in [3.63, 3.8) is 0 Å². The van der Waals surface area contributed by atoms with E-state index in [1.165, 1.54) is 70.6 Å². The van der Waals surface area contributed by atoms with Gasteiger partial charge in [0.2, 0.25) is 0 Å². The molecule has 2 fully saturated rings. The molecule has 2 saturated carbocycles. The zero-order chi connectivity index (χ0) is 12.3. The molecule has 2 rings (SSSR count). The van der Waals surface area contributed by atoms with Gasteiger partial charge in [-0.1, -0.05) is 57.8 Å². The van der Waals surface area contributed by atoms with Gasteiger partial charge in [0.15, 0.2) is 0 Å². The van der Waals surface area contributed by atoms with Gasteiger partial charge in [0, 0.05) is 0 Å². The van der Waals surface area contributed by atoms with Crippen molar-refractivity contribution < 1.29 is 9.84 Å². The normalized spacial score (nSPS) is 23.6. The standard InChI is InChI=1S/C9H18O2.C6H12/c1-8(10)7-11-9-5-3-2-4-6-9;1-2-4-6-5-3-1/h8-10H,2-7H2,1H3;1-6H2. The number of aliphatic hydroxyl groups excluding tert-OH is 1. The maximum atomic E-state index is 8.96. The number of hydrogen-bond acceptors (Lipinski definition) is 2. The number of aliphatic hydroxyl groups is 1. The monoisotopic (exact) mass is 242 g/mol. The molecule has 0 aliphatic heterocycles. The van der Waals surface area contributed by atoms with Crippen LogP contribution in [-0.4, -0.2) is 23.9 Å². The first-order valence-corrected chi connectivity index (χ1v) is 7.58. The van der Waals surface area contributed by atoms with Crippen LogP contribution in [0.4, 0.5) is 0 Å². The van der Waals surface area contributed by atoms with Crippen LogP contribution >= 0.6 is 0 Å². The van der Waals surface area contributed by atoms with Crippen LogP contribution in [0.15, 0.2) is 0 Å². The van der Waals surface area contributed by atoms with Crippen molar-refractivity contribution in [2.75, 3.05) is 6.61 Å². The highest BCUT2D eigenvalue weighted by Gasteiger charge is 2.13. The van der Waals surface area contributed by atoms with Crippen molar-refractivity contribution in [1.29, 1.82) is 0 Å². The SMILES string of the molecule is C1CCCCC1.CC(O)COC1CCCCC1. The molecule has 2 aliphatic rings. The highest BCUT2D eigenvalue weighted by molar-refractivity contribution is 4.65. The zero-order valence-corrected chi connectivity index (χ0v) is 11.5. The van der Waals surface area contributed by atoms with Crippen molar-refractivity contribution in [3.05, 3.63) is 0 Å². The predicted molar refractivity (Wildman–Crippen MR) is 72.2 cm³/mol. The van der Waals surface area contributed by atoms with Crippen molar-refractivity contribution >= 4 is 0 Å². The summed E-state index contributed by atoms with van der Waals surface area (Å²) in [4.78, 5) is 0. The lowest BCUT2D eigenvalue weighted by Crippen LogP contribution is -2.21. The van der Waals surface area contributed by atoms with E-state index in [1.54, 1.807) is 6.92 Å². The van der Waals surface area contributed by atoms with Crippen LogP contribution in [0.25, 0.3) is 0 Å². The first kappa shape index (κ1) is 15.0. The van der Waals surface area contributed by atoms with Gasteiger partial charge in [-0.3, -0.25) is 0 Å². The van der Waals surface area contributed by atoms with Gasteiger partial charge in [-0.05, 0) is 19.8 Å². The molecule has 0 radical (unpaired) electrons. The highest BCUT2D eigenvalue weighted by Crippen LogP contribution is 2.20. The van der Waals surface area contributed by atoms with Gasteiger partial charge in [0.05, 0.1) is 18.8 Å². The summed E-state index contributed by atoms with van der Waals surface area (Å²) in [5, 5.41) is 8.96. The fraction of sp³-hybridized carbons (Fsp3) is 1.00. The molecule has 0 bridgehead atoms. The molecule has 1 atom stereocenters. The van der Waals surface area contributed by atoms with Crippen molar-refractivity contribution in [1.82, 2.24) is 0 Å². The van der Waals surface area contributed by atoms with Gasteiger partial charge >= 0.3 is 0 Å². The van der Waals surface area contributed by atoms with E-state index in [-0.39, 0.29) is 6.10 Å². The lowest BCUT2D eigenvalue weighted by atomic mass is 9.98. The van der Waals surface area contributed by atoms with Crippen LogP contribution in [0.2, 0.25) is 0 Å². The first-order valence-electron chi connectivity index (χ1n) is 7.58. The molecular weight excluding hydrogens is 212 g/mol. The van der Waals surface area contributed by atoms with Crippen LogP contribution in [-0.2, 0) is 4.74 Å². The van der Waals surface area contributed by atoms with Crippen molar-refractivity contribution in [3.8, 4) is 0 Å². The predicted octanol–water partition coefficient (Wildman–Crippen LogP) is 4.06. The minimum Gasteiger partial charge on any atom is -0.391 e. The van der Waals surface area contributed by atoms with Crippen LogP contribution in [0.1, 0.15) is 77.6 Å². The molecule has 0 spiro atoms. The Bertz CT molecular complexity index is 147. The lowest BCUT2D eigenvalue weighted by molar-refractivity contribution is -0.0179. The van der Waals surface area contributed by atoms with E-state index in [4.69, 9.17) is 9.84 Å². The van der Waals surface area contributed by atoms with E-state index < -0.39 is 0 Å². The fourth-order valence-electron chi connectivity index (χ4n) is 2.57. The Morgan fingerprint density at radius 2 is 1.29 bits per heavy atom. The summed E-state index contributed by atoms with van der Waals surface area (Å²) in [5.41, 5.74) is 0. The minimum absolute atomic E-state index is 0.308. The van der Waals surface area contributed by atoms with E-state index in [0.717, 1.165) is 0 Å². The highest BCUT2D eigenvalue weighted by atomic mass is 16.5. The molecule has 0 heterocycles. The average Bonchev–Trinajstić information content (AvgIpc) is 2.40. The quantitative estimate of drug-likeness (QED) is 0.808. The van der Waals surface area contributed by atoms with Gasteiger partial charge < -0.3 is 9.84 Å². The summed E-state index contributed by atoms with van der Waals surface area (Å²) >= 11 is 0. The topological polar surface area (TPSA) is 29.5 Å². The fourth-order valence-corrected chi connectivity index (χ4v) is 2.57. The zero-order valence-electron chi connectivity index (χ0n) is 11.5. The molecule has 17 heavy (non-hydrogen) atoms. The van der Waals surface area contributed by atoms with E-state index in [9.17, 15) is 0 Å². The Labute approximate surface area is 107 Å². The average molecular weight is 242 g/mol. The minimum atomic E-state index is -0.308. The van der Waals surface area contributed by atoms with Gasteiger partial charge in [-0.15, -0.1) is 0 Å². The third-order valence-electron chi connectivity index (χ3n) is 3.63. The molecule has 2 heteroatoms. The van der Waals surface area contributed by atoms with Crippen LogP contribution in [0.3, 0.4) is 0 Å². The third kappa shape index (κ3) is 8.62. The van der Waals surface area contributed by atoms with Gasteiger partial charge in [-0.2, -0.15) is 0 Å². The second kappa shape index (κ2) is 9.90. The number of rotatable bonds is 3. The van der Waals surface area contributed by atoms with Crippen LogP contribution in [0, 0.1) is 0 Å². The van der Waals surface area contributed by atoms with Crippen LogP contribution in [0.5, 0.6) is 0 Å². The van der Waals surface area contributed by atoms with E-state index >= 15 is 0 Å². The van der Waals surface area contributed by atoms with Crippen molar-refractivity contribution in [2.24, 2.45) is 0 Å². The Morgan fingerprint density at radius 3 is 1.71 bits per heavy atom. The Kier molecular flexibility index (Phi) is 8.72. The largest absolute Gasteiger partial charge is 0.391 e. The maximum absolute atomic E-state index is 8.96. The molecule has 0 aromatic heterocycles. The Morgan fingerprint density at radius 1 is 0.882 bits per heavy atom. The summed E-state index contributed by atoms with van der Waals surface area (Å²) in [6, 6.07) is 0.